The molecule has 1 atom stereocenters. The van der Waals surface area contributed by atoms with E-state index in [2.05, 4.69) is 5.32 Å². The Kier molecular flexibility index (Phi) is 5.97. The summed E-state index contributed by atoms with van der Waals surface area (Å²) in [6.45, 7) is 5.23. The number of benzene rings is 1. The van der Waals surface area contributed by atoms with Gasteiger partial charge in [-0.1, -0.05) is 6.07 Å². The van der Waals surface area contributed by atoms with E-state index in [9.17, 15) is 14.4 Å². The minimum Gasteiger partial charge on any atom is -0.493 e. The fourth-order valence-corrected chi connectivity index (χ4v) is 3.80. The number of rotatable bonds is 5. The molecule has 1 aliphatic rings. The van der Waals surface area contributed by atoms with Crippen molar-refractivity contribution in [2.24, 2.45) is 14.1 Å². The monoisotopic (exact) mass is 429 g/mol. The normalized spacial score (nSPS) is 15.4. The third-order valence-electron chi connectivity index (χ3n) is 5.29. The summed E-state index contributed by atoms with van der Waals surface area (Å²) in [5.41, 5.74) is 0.741. The lowest BCUT2D eigenvalue weighted by Crippen LogP contribution is -2.43. The molecule has 166 valence electrons. The van der Waals surface area contributed by atoms with Crippen LogP contribution in [-0.2, 0) is 23.6 Å². The van der Waals surface area contributed by atoms with Crippen LogP contribution in [0.15, 0.2) is 39.1 Å². The van der Waals surface area contributed by atoms with Gasteiger partial charge in [-0.3, -0.25) is 13.9 Å². The highest BCUT2D eigenvalue weighted by molar-refractivity contribution is 5.94. The summed E-state index contributed by atoms with van der Waals surface area (Å²) >= 11 is 0. The standard InChI is InChI=1S/C22H27N3O6/c1-11(2)31-21(27)16-12(3)23-19-18(20(26)25(5)22(28)24(19)4)17(16)13-8-9-14(29-6)15(10-13)30-7/h8-11,17,23H,1-7H3. The molecule has 0 aliphatic carbocycles. The smallest absolute Gasteiger partial charge is 0.337 e. The van der Waals surface area contributed by atoms with Gasteiger partial charge in [-0.05, 0) is 38.5 Å². The molecule has 0 fully saturated rings. The van der Waals surface area contributed by atoms with E-state index in [-0.39, 0.29) is 11.7 Å². The van der Waals surface area contributed by atoms with E-state index in [1.165, 1.54) is 25.8 Å². The van der Waals surface area contributed by atoms with Gasteiger partial charge in [-0.25, -0.2) is 9.59 Å². The van der Waals surface area contributed by atoms with Gasteiger partial charge in [0, 0.05) is 19.8 Å². The van der Waals surface area contributed by atoms with Crippen LogP contribution in [0.3, 0.4) is 0 Å². The molecule has 1 aromatic carbocycles. The Labute approximate surface area is 179 Å². The van der Waals surface area contributed by atoms with E-state index in [0.29, 0.717) is 34.2 Å². The molecule has 0 saturated carbocycles. The Hall–Kier alpha value is -3.49. The van der Waals surface area contributed by atoms with E-state index in [0.717, 1.165) is 4.57 Å². The molecule has 0 bridgehead atoms. The summed E-state index contributed by atoms with van der Waals surface area (Å²) in [5.74, 6) is -0.00244. The van der Waals surface area contributed by atoms with Crippen molar-refractivity contribution in [3.8, 4) is 11.5 Å². The summed E-state index contributed by atoms with van der Waals surface area (Å²) < 4.78 is 18.6. The third kappa shape index (κ3) is 3.71. The first kappa shape index (κ1) is 22.2. The average Bonchev–Trinajstić information content (AvgIpc) is 2.74. The first-order chi connectivity index (χ1) is 14.6. The number of ether oxygens (including phenoxy) is 3. The second-order valence-electron chi connectivity index (χ2n) is 7.63. The van der Waals surface area contributed by atoms with E-state index in [4.69, 9.17) is 14.2 Å². The second-order valence-corrected chi connectivity index (χ2v) is 7.63. The zero-order valence-corrected chi connectivity index (χ0v) is 18.7. The molecule has 9 heteroatoms. The van der Waals surface area contributed by atoms with E-state index < -0.39 is 23.1 Å². The number of carbonyl (C=O) groups is 1. The fraction of sp³-hybridized carbons (Fsp3) is 0.409. The minimum atomic E-state index is -0.771. The molecule has 9 nitrogen and oxygen atoms in total. The van der Waals surface area contributed by atoms with Gasteiger partial charge in [0.1, 0.15) is 5.82 Å². The van der Waals surface area contributed by atoms with Crippen molar-refractivity contribution in [3.05, 3.63) is 61.4 Å². The van der Waals surface area contributed by atoms with Gasteiger partial charge in [0.05, 0.1) is 37.4 Å². The number of nitrogens with zero attached hydrogens (tertiary/aromatic N) is 2. The van der Waals surface area contributed by atoms with Gasteiger partial charge in [0.25, 0.3) is 5.56 Å². The van der Waals surface area contributed by atoms with E-state index in [1.54, 1.807) is 46.0 Å². The molecule has 3 rings (SSSR count). The van der Waals surface area contributed by atoms with Gasteiger partial charge >= 0.3 is 11.7 Å². The molecular weight excluding hydrogens is 402 g/mol. The van der Waals surface area contributed by atoms with Crippen molar-refractivity contribution in [2.45, 2.75) is 32.8 Å². The highest BCUT2D eigenvalue weighted by Gasteiger charge is 2.38. The number of fused-ring (bicyclic) bond motifs is 1. The molecule has 1 aromatic heterocycles. The van der Waals surface area contributed by atoms with Crippen molar-refractivity contribution in [3.63, 3.8) is 0 Å². The quantitative estimate of drug-likeness (QED) is 0.725. The molecule has 1 aliphatic heterocycles. The Balaban J connectivity index is 2.37. The highest BCUT2D eigenvalue weighted by Crippen LogP contribution is 2.42. The molecule has 0 radical (unpaired) electrons. The van der Waals surface area contributed by atoms with Crippen molar-refractivity contribution in [1.29, 1.82) is 0 Å². The first-order valence-corrected chi connectivity index (χ1v) is 9.82. The number of esters is 1. The SMILES string of the molecule is COc1ccc(C2C(C(=O)OC(C)C)=C(C)Nc3c2c(=O)n(C)c(=O)n3C)cc1OC. The molecule has 2 heterocycles. The van der Waals surface area contributed by atoms with Crippen LogP contribution in [0.1, 0.15) is 37.8 Å². The van der Waals surface area contributed by atoms with Crippen LogP contribution in [0.25, 0.3) is 0 Å². The van der Waals surface area contributed by atoms with Gasteiger partial charge in [-0.15, -0.1) is 0 Å². The molecular formula is C22H27N3O6. The maximum atomic E-state index is 13.2. The Bertz CT molecular complexity index is 1190. The number of nitrogens with one attached hydrogen (secondary N) is 1. The van der Waals surface area contributed by atoms with Gasteiger partial charge in [0.15, 0.2) is 11.5 Å². The van der Waals surface area contributed by atoms with Crippen molar-refractivity contribution in [1.82, 2.24) is 9.13 Å². The van der Waals surface area contributed by atoms with E-state index >= 15 is 0 Å². The van der Waals surface area contributed by atoms with Crippen LogP contribution in [0.5, 0.6) is 11.5 Å². The van der Waals surface area contributed by atoms with E-state index in [1.807, 2.05) is 0 Å². The zero-order chi connectivity index (χ0) is 23.0. The summed E-state index contributed by atoms with van der Waals surface area (Å²) in [5, 5.41) is 3.06. The first-order valence-electron chi connectivity index (χ1n) is 9.82. The number of allylic oxidation sites excluding steroid dienone is 1. The second kappa shape index (κ2) is 8.33. The maximum Gasteiger partial charge on any atom is 0.337 e. The maximum absolute atomic E-state index is 13.2. The zero-order valence-electron chi connectivity index (χ0n) is 18.7. The van der Waals surface area contributed by atoms with Crippen molar-refractivity contribution in [2.75, 3.05) is 19.5 Å². The lowest BCUT2D eigenvalue weighted by molar-refractivity contribution is -0.143. The minimum absolute atomic E-state index is 0.276. The predicted octanol–water partition coefficient (Wildman–Crippen LogP) is 1.88. The summed E-state index contributed by atoms with van der Waals surface area (Å²) in [6.07, 6.45) is -0.344. The van der Waals surface area contributed by atoms with Crippen LogP contribution in [0.2, 0.25) is 0 Å². The Morgan fingerprint density at radius 3 is 2.29 bits per heavy atom. The van der Waals surface area contributed by atoms with Crippen molar-refractivity contribution >= 4 is 11.8 Å². The number of carbonyl (C=O) groups excluding carboxylic acids is 1. The van der Waals surface area contributed by atoms with Crippen LogP contribution in [0, 0.1) is 0 Å². The number of aromatic nitrogens is 2. The number of anilines is 1. The summed E-state index contributed by atoms with van der Waals surface area (Å²) in [6, 6.07) is 5.20. The number of methoxy groups -OCH3 is 2. The fourth-order valence-electron chi connectivity index (χ4n) is 3.80. The van der Waals surface area contributed by atoms with Crippen molar-refractivity contribution < 1.29 is 19.0 Å². The van der Waals surface area contributed by atoms with Gasteiger partial charge < -0.3 is 19.5 Å². The van der Waals surface area contributed by atoms with Gasteiger partial charge in [0.2, 0.25) is 0 Å². The summed E-state index contributed by atoms with van der Waals surface area (Å²) in [4.78, 5) is 38.8. The Morgan fingerprint density at radius 2 is 1.71 bits per heavy atom. The number of hydrogen-bond donors (Lipinski definition) is 1. The summed E-state index contributed by atoms with van der Waals surface area (Å²) in [7, 11) is 6.02. The molecule has 1 N–H and O–H groups in total. The largest absolute Gasteiger partial charge is 0.493 e. The topological polar surface area (TPSA) is 101 Å². The molecule has 0 saturated heterocycles. The number of hydrogen-bond acceptors (Lipinski definition) is 7. The van der Waals surface area contributed by atoms with Crippen LogP contribution in [-0.4, -0.2) is 35.4 Å². The lowest BCUT2D eigenvalue weighted by atomic mass is 9.82. The molecule has 0 spiro atoms. The predicted molar refractivity (Wildman–Crippen MR) is 116 cm³/mol. The molecule has 1 unspecified atom stereocenters. The lowest BCUT2D eigenvalue weighted by Gasteiger charge is -2.31. The molecule has 2 aromatic rings. The van der Waals surface area contributed by atoms with Crippen LogP contribution < -0.4 is 26.0 Å². The third-order valence-corrected chi connectivity index (χ3v) is 5.29. The molecule has 0 amide bonds. The van der Waals surface area contributed by atoms with Gasteiger partial charge in [-0.2, -0.15) is 0 Å². The molecule has 31 heavy (non-hydrogen) atoms. The van der Waals surface area contributed by atoms with Crippen LogP contribution >= 0.6 is 0 Å². The average molecular weight is 429 g/mol. The Morgan fingerprint density at radius 1 is 1.06 bits per heavy atom. The van der Waals surface area contributed by atoms with Crippen LogP contribution in [0.4, 0.5) is 5.82 Å². The highest BCUT2D eigenvalue weighted by atomic mass is 16.5.